The van der Waals surface area contributed by atoms with E-state index in [4.69, 9.17) is 34.8 Å². The Morgan fingerprint density at radius 3 is 2.14 bits per heavy atom. The van der Waals surface area contributed by atoms with Gasteiger partial charge in [-0.3, -0.25) is 9.59 Å². The molecule has 0 saturated carbocycles. The quantitative estimate of drug-likeness (QED) is 0.207. The largest absolute Gasteiger partial charge is 0.338 e. The van der Waals surface area contributed by atoms with Crippen LogP contribution in [0, 0.1) is 6.92 Å². The van der Waals surface area contributed by atoms with Crippen molar-refractivity contribution in [2.75, 3.05) is 10.6 Å². The molecule has 6 nitrogen and oxygen atoms in total. The number of aromatic amines is 1. The molecule has 1 aromatic heterocycles. The minimum atomic E-state index is -0.326. The van der Waals surface area contributed by atoms with Gasteiger partial charge in [-0.2, -0.15) is 0 Å². The number of anilines is 2. The Kier molecular flexibility index (Phi) is 6.89. The first kappa shape index (κ1) is 24.8. The molecule has 0 bridgehead atoms. The summed E-state index contributed by atoms with van der Waals surface area (Å²) >= 11 is 18.2. The first-order valence-electron chi connectivity index (χ1n) is 11.2. The molecule has 1 heterocycles. The van der Waals surface area contributed by atoms with Gasteiger partial charge in [0.05, 0.1) is 21.6 Å². The normalized spacial score (nSPS) is 10.9. The minimum Gasteiger partial charge on any atom is -0.338 e. The minimum absolute atomic E-state index is 0.281. The number of H-pyrrole nitrogens is 1. The second kappa shape index (κ2) is 10.3. The summed E-state index contributed by atoms with van der Waals surface area (Å²) in [5, 5.41) is 6.88. The summed E-state index contributed by atoms with van der Waals surface area (Å²) in [6.45, 7) is 1.92. The van der Waals surface area contributed by atoms with Gasteiger partial charge in [0.25, 0.3) is 11.8 Å². The van der Waals surface area contributed by atoms with Crippen molar-refractivity contribution < 1.29 is 9.59 Å². The number of nitrogens with zero attached hydrogens (tertiary/aromatic N) is 1. The van der Waals surface area contributed by atoms with Crippen LogP contribution < -0.4 is 10.6 Å². The molecule has 37 heavy (non-hydrogen) atoms. The highest BCUT2D eigenvalue weighted by Crippen LogP contribution is 2.26. The Bertz CT molecular complexity index is 1640. The van der Waals surface area contributed by atoms with Crippen LogP contribution in [-0.4, -0.2) is 21.8 Å². The summed E-state index contributed by atoms with van der Waals surface area (Å²) in [6, 6.07) is 22.7. The number of hydrogen-bond donors (Lipinski definition) is 3. The van der Waals surface area contributed by atoms with Crippen LogP contribution in [0.4, 0.5) is 11.4 Å². The first-order chi connectivity index (χ1) is 17.7. The predicted octanol–water partition coefficient (Wildman–Crippen LogP) is 8.00. The fourth-order valence-corrected chi connectivity index (χ4v) is 4.67. The van der Waals surface area contributed by atoms with Crippen molar-refractivity contribution in [2.24, 2.45) is 0 Å². The lowest BCUT2D eigenvalue weighted by molar-refractivity contribution is 0.101. The number of imidazole rings is 1. The maximum absolute atomic E-state index is 12.6. The standard InChI is InChI=1S/C28H19Cl3N4O2/c1-15-2-8-22(23(31)10-15)28(37)32-20-5-3-16(4-6-20)26-34-24-9-7-21(14-25(24)35-26)33-27(36)17-11-18(29)13-19(30)12-17/h2-14H,1H3,(H,32,37)(H,33,36)(H,34,35). The summed E-state index contributed by atoms with van der Waals surface area (Å²) in [5.41, 5.74) is 5.31. The van der Waals surface area contributed by atoms with E-state index in [1.165, 1.54) is 0 Å². The molecule has 0 unspecified atom stereocenters. The van der Waals surface area contributed by atoms with Crippen LogP contribution in [0.5, 0.6) is 0 Å². The predicted molar refractivity (Wildman–Crippen MR) is 150 cm³/mol. The van der Waals surface area contributed by atoms with E-state index < -0.39 is 0 Å². The zero-order valence-corrected chi connectivity index (χ0v) is 21.7. The highest BCUT2D eigenvalue weighted by atomic mass is 35.5. The average molecular weight is 550 g/mol. The third-order valence-corrected chi connectivity index (χ3v) is 6.40. The maximum Gasteiger partial charge on any atom is 0.257 e. The number of hydrogen-bond acceptors (Lipinski definition) is 3. The summed E-state index contributed by atoms with van der Waals surface area (Å²) in [6.07, 6.45) is 0. The van der Waals surface area contributed by atoms with E-state index in [1.807, 2.05) is 31.2 Å². The van der Waals surface area contributed by atoms with Gasteiger partial charge in [-0.15, -0.1) is 0 Å². The van der Waals surface area contributed by atoms with Crippen molar-refractivity contribution in [3.05, 3.63) is 111 Å². The van der Waals surface area contributed by atoms with E-state index in [0.717, 1.165) is 22.2 Å². The number of carbonyl (C=O) groups is 2. The van der Waals surface area contributed by atoms with E-state index >= 15 is 0 Å². The lowest BCUT2D eigenvalue weighted by Gasteiger charge is -2.08. The Balaban J connectivity index is 1.31. The van der Waals surface area contributed by atoms with Crippen molar-refractivity contribution in [3.8, 4) is 11.4 Å². The molecule has 5 aromatic rings. The number of carbonyl (C=O) groups excluding carboxylic acids is 2. The van der Waals surface area contributed by atoms with Gasteiger partial charge < -0.3 is 15.6 Å². The molecular weight excluding hydrogens is 531 g/mol. The van der Waals surface area contributed by atoms with Crippen molar-refractivity contribution in [1.29, 1.82) is 0 Å². The van der Waals surface area contributed by atoms with Crippen LogP contribution in [-0.2, 0) is 0 Å². The van der Waals surface area contributed by atoms with Gasteiger partial charge in [0.1, 0.15) is 5.82 Å². The number of aryl methyl sites for hydroxylation is 1. The van der Waals surface area contributed by atoms with Crippen molar-refractivity contribution >= 4 is 69.0 Å². The summed E-state index contributed by atoms with van der Waals surface area (Å²) in [4.78, 5) is 33.1. The topological polar surface area (TPSA) is 86.9 Å². The molecule has 0 radical (unpaired) electrons. The van der Waals surface area contributed by atoms with E-state index in [0.29, 0.717) is 43.4 Å². The molecule has 184 valence electrons. The summed E-state index contributed by atoms with van der Waals surface area (Å²) < 4.78 is 0. The van der Waals surface area contributed by atoms with E-state index in [2.05, 4.69) is 20.6 Å². The molecular formula is C28H19Cl3N4O2. The number of halogens is 3. The number of amides is 2. The molecule has 0 aliphatic carbocycles. The molecule has 9 heteroatoms. The van der Waals surface area contributed by atoms with E-state index in [1.54, 1.807) is 54.6 Å². The Morgan fingerprint density at radius 2 is 1.43 bits per heavy atom. The van der Waals surface area contributed by atoms with E-state index in [-0.39, 0.29) is 11.8 Å². The number of benzene rings is 4. The monoisotopic (exact) mass is 548 g/mol. The van der Waals surface area contributed by atoms with Crippen molar-refractivity contribution in [1.82, 2.24) is 9.97 Å². The molecule has 0 aliphatic heterocycles. The zero-order chi connectivity index (χ0) is 26.1. The second-order valence-electron chi connectivity index (χ2n) is 8.44. The van der Waals surface area contributed by atoms with E-state index in [9.17, 15) is 9.59 Å². The van der Waals surface area contributed by atoms with Gasteiger partial charge in [0.15, 0.2) is 0 Å². The summed E-state index contributed by atoms with van der Waals surface area (Å²) in [7, 11) is 0. The molecule has 5 rings (SSSR count). The SMILES string of the molecule is Cc1ccc(C(=O)Nc2ccc(-c3nc4ccc(NC(=O)c5cc(Cl)cc(Cl)c5)cc4[nH]3)cc2)c(Cl)c1. The highest BCUT2D eigenvalue weighted by Gasteiger charge is 2.13. The lowest BCUT2D eigenvalue weighted by Crippen LogP contribution is -2.12. The molecule has 0 spiro atoms. The number of aromatic nitrogens is 2. The molecule has 3 N–H and O–H groups in total. The first-order valence-corrected chi connectivity index (χ1v) is 12.3. The van der Waals surface area contributed by atoms with Gasteiger partial charge in [-0.1, -0.05) is 40.9 Å². The third-order valence-electron chi connectivity index (χ3n) is 5.65. The zero-order valence-electron chi connectivity index (χ0n) is 19.4. The van der Waals surface area contributed by atoms with Gasteiger partial charge in [0, 0.05) is 32.5 Å². The summed E-state index contributed by atoms with van der Waals surface area (Å²) in [5.74, 6) is 0.0451. The van der Waals surface area contributed by atoms with Gasteiger partial charge >= 0.3 is 0 Å². The van der Waals surface area contributed by atoms with Crippen LogP contribution in [0.1, 0.15) is 26.3 Å². The molecule has 0 atom stereocenters. The molecule has 0 saturated heterocycles. The molecule has 0 aliphatic rings. The number of rotatable bonds is 5. The fraction of sp³-hybridized carbons (Fsp3) is 0.0357. The van der Waals surface area contributed by atoms with Crippen LogP contribution in [0.3, 0.4) is 0 Å². The van der Waals surface area contributed by atoms with Crippen LogP contribution >= 0.6 is 34.8 Å². The Labute approximate surface area is 227 Å². The number of nitrogens with one attached hydrogen (secondary N) is 3. The van der Waals surface area contributed by atoms with Crippen molar-refractivity contribution in [2.45, 2.75) is 6.92 Å². The number of fused-ring (bicyclic) bond motifs is 1. The smallest absolute Gasteiger partial charge is 0.257 e. The average Bonchev–Trinajstić information content (AvgIpc) is 3.27. The Morgan fingerprint density at radius 1 is 0.757 bits per heavy atom. The highest BCUT2D eigenvalue weighted by molar-refractivity contribution is 6.35. The van der Waals surface area contributed by atoms with Crippen LogP contribution in [0.25, 0.3) is 22.4 Å². The Hall–Kier alpha value is -3.84. The van der Waals surface area contributed by atoms with Gasteiger partial charge in [-0.05, 0) is 85.3 Å². The molecule has 4 aromatic carbocycles. The van der Waals surface area contributed by atoms with Crippen molar-refractivity contribution in [3.63, 3.8) is 0 Å². The molecule has 0 fully saturated rings. The molecule has 2 amide bonds. The lowest BCUT2D eigenvalue weighted by atomic mass is 10.1. The maximum atomic E-state index is 12.6. The van der Waals surface area contributed by atoms with Crippen LogP contribution in [0.15, 0.2) is 78.9 Å². The third kappa shape index (κ3) is 5.62. The van der Waals surface area contributed by atoms with Gasteiger partial charge in [0.2, 0.25) is 0 Å². The van der Waals surface area contributed by atoms with Gasteiger partial charge in [-0.25, -0.2) is 4.98 Å². The van der Waals surface area contributed by atoms with Crippen LogP contribution in [0.2, 0.25) is 15.1 Å². The second-order valence-corrected chi connectivity index (χ2v) is 9.72. The fourth-order valence-electron chi connectivity index (χ4n) is 3.83.